The smallest absolute Gasteiger partial charge is 0.247 e. The number of para-hydroxylation sites is 1. The minimum Gasteiger partial charge on any atom is -0.494 e. The number of methoxy groups -OCH3 is 1. The second-order valence-electron chi connectivity index (χ2n) is 11.4. The number of ether oxygens (including phenoxy) is 1. The van der Waals surface area contributed by atoms with Crippen LogP contribution in [0.15, 0.2) is 42.7 Å². The number of aromatic nitrogens is 2. The molecule has 1 fully saturated rings. The van der Waals surface area contributed by atoms with Crippen molar-refractivity contribution in [3.63, 3.8) is 0 Å². The monoisotopic (exact) mass is 631 g/mol. The average molecular weight is 633 g/mol. The van der Waals surface area contributed by atoms with Gasteiger partial charge >= 0.3 is 0 Å². The first-order valence-electron chi connectivity index (χ1n) is 13.9. The van der Waals surface area contributed by atoms with Crippen LogP contribution in [0.1, 0.15) is 40.5 Å². The molecule has 0 aliphatic carbocycles. The maximum atomic E-state index is 13.8. The van der Waals surface area contributed by atoms with E-state index in [0.29, 0.717) is 58.3 Å². The Balaban J connectivity index is 0.00000506. The number of halogens is 2. The molecule has 4 N–H and O–H groups in total. The van der Waals surface area contributed by atoms with E-state index in [1.54, 1.807) is 37.1 Å². The molecule has 232 valence electrons. The highest BCUT2D eigenvalue weighted by atomic mass is 35.5. The third kappa shape index (κ3) is 7.65. The van der Waals surface area contributed by atoms with Crippen LogP contribution in [0, 0.1) is 5.41 Å². The molecule has 3 unspecified atom stereocenters. The van der Waals surface area contributed by atoms with E-state index in [-0.39, 0.29) is 30.1 Å². The molecule has 11 nitrogen and oxygen atoms in total. The lowest BCUT2D eigenvalue weighted by atomic mass is 9.85. The van der Waals surface area contributed by atoms with Gasteiger partial charge in [0.15, 0.2) is 0 Å². The Morgan fingerprint density at radius 3 is 2.49 bits per heavy atom. The fraction of sp³-hybridized carbons (Fsp3) is 0.433. The Bertz CT molecular complexity index is 1480. The molecule has 4 rings (SSSR count). The molecule has 3 amide bonds. The third-order valence-corrected chi connectivity index (χ3v) is 7.74. The van der Waals surface area contributed by atoms with E-state index in [9.17, 15) is 14.4 Å². The van der Waals surface area contributed by atoms with E-state index in [0.717, 1.165) is 0 Å². The number of amides is 3. The molecular weight excluding hydrogens is 593 g/mol. The number of hydrogen-bond acceptors (Lipinski definition) is 8. The summed E-state index contributed by atoms with van der Waals surface area (Å²) in [4.78, 5) is 50.5. The minimum absolute atomic E-state index is 0. The molecule has 43 heavy (non-hydrogen) atoms. The number of likely N-dealkylation sites (N-methyl/N-ethyl adjacent to an activating group) is 1. The van der Waals surface area contributed by atoms with Crippen LogP contribution >= 0.6 is 24.0 Å². The normalized spacial score (nSPS) is 16.2. The number of nitrogens with zero attached hydrogens (tertiary/aromatic N) is 3. The van der Waals surface area contributed by atoms with Crippen molar-refractivity contribution in [2.75, 3.05) is 31.3 Å². The summed E-state index contributed by atoms with van der Waals surface area (Å²) in [5.41, 5.74) is 1.11. The predicted molar refractivity (Wildman–Crippen MR) is 171 cm³/mol. The standard InChI is InChI=1S/C30H38ClN7O4.ClH/c1-17(32-5)27(39)37-25(30(2,3)4)29(41)38-13-9-12-23(38)28(40)36-22-14-18-21(15-24(22)42-6)33-16-34-26(18)35-20-11-8-7-10-19(20)31;/h7-8,10-11,14-17,23,25,32H,9,12-13H2,1-6H3,(H,36,40)(H,37,39)(H,33,34,35);1H. The predicted octanol–water partition coefficient (Wildman–Crippen LogP) is 4.53. The summed E-state index contributed by atoms with van der Waals surface area (Å²) in [6.07, 6.45) is 2.59. The van der Waals surface area contributed by atoms with Crippen molar-refractivity contribution in [2.24, 2.45) is 5.41 Å². The van der Waals surface area contributed by atoms with Gasteiger partial charge in [-0.05, 0) is 50.4 Å². The Kier molecular flexibility index (Phi) is 11.2. The van der Waals surface area contributed by atoms with Crippen LogP contribution < -0.4 is 26.0 Å². The van der Waals surface area contributed by atoms with Crippen molar-refractivity contribution in [1.29, 1.82) is 0 Å². The highest BCUT2D eigenvalue weighted by molar-refractivity contribution is 6.33. The first kappa shape index (κ1) is 33.8. The van der Waals surface area contributed by atoms with Crippen LogP contribution in [-0.2, 0) is 14.4 Å². The molecule has 1 aliphatic rings. The molecule has 1 aromatic heterocycles. The van der Waals surface area contributed by atoms with Gasteiger partial charge in [-0.1, -0.05) is 44.5 Å². The molecule has 3 aromatic rings. The molecule has 0 radical (unpaired) electrons. The number of hydrogen-bond donors (Lipinski definition) is 4. The number of nitrogens with one attached hydrogen (secondary N) is 4. The van der Waals surface area contributed by atoms with Gasteiger partial charge in [0, 0.05) is 18.0 Å². The number of rotatable bonds is 9. The molecule has 0 saturated carbocycles. The van der Waals surface area contributed by atoms with Crippen LogP contribution in [0.5, 0.6) is 5.75 Å². The SMILES string of the molecule is CNC(C)C(=O)NC(C(=O)N1CCCC1C(=O)Nc1cc2c(Nc3ccccc3Cl)ncnc2cc1OC)C(C)(C)C.Cl. The first-order valence-corrected chi connectivity index (χ1v) is 14.3. The molecule has 13 heteroatoms. The lowest BCUT2D eigenvalue weighted by Gasteiger charge is -2.36. The Hall–Kier alpha value is -3.67. The van der Waals surface area contributed by atoms with Gasteiger partial charge in [0.05, 0.1) is 35.1 Å². The Morgan fingerprint density at radius 2 is 1.84 bits per heavy atom. The van der Waals surface area contributed by atoms with Gasteiger partial charge in [0.25, 0.3) is 0 Å². The van der Waals surface area contributed by atoms with E-state index < -0.39 is 23.5 Å². The lowest BCUT2D eigenvalue weighted by Crippen LogP contribution is -2.59. The number of carbonyl (C=O) groups excluding carboxylic acids is 3. The third-order valence-electron chi connectivity index (χ3n) is 7.41. The molecule has 1 aliphatic heterocycles. The summed E-state index contributed by atoms with van der Waals surface area (Å²) >= 11 is 6.34. The van der Waals surface area contributed by atoms with E-state index in [2.05, 4.69) is 31.2 Å². The summed E-state index contributed by atoms with van der Waals surface area (Å²) < 4.78 is 5.58. The van der Waals surface area contributed by atoms with Gasteiger partial charge in [-0.15, -0.1) is 12.4 Å². The minimum atomic E-state index is -0.806. The molecular formula is C30H39Cl2N7O4. The summed E-state index contributed by atoms with van der Waals surface area (Å²) in [5.74, 6) is -0.00535. The average Bonchev–Trinajstić information content (AvgIpc) is 3.46. The summed E-state index contributed by atoms with van der Waals surface area (Å²) in [5, 5.41) is 13.2. The second-order valence-corrected chi connectivity index (χ2v) is 11.8. The van der Waals surface area contributed by atoms with Crippen LogP contribution in [0.4, 0.5) is 17.2 Å². The largest absolute Gasteiger partial charge is 0.494 e. The van der Waals surface area contributed by atoms with E-state index >= 15 is 0 Å². The van der Waals surface area contributed by atoms with E-state index in [1.807, 2.05) is 39.0 Å². The van der Waals surface area contributed by atoms with E-state index in [4.69, 9.17) is 16.3 Å². The van der Waals surface area contributed by atoms with Crippen molar-refractivity contribution in [1.82, 2.24) is 25.5 Å². The zero-order chi connectivity index (χ0) is 30.6. The maximum Gasteiger partial charge on any atom is 0.247 e. The van der Waals surface area contributed by atoms with Gasteiger partial charge in [-0.3, -0.25) is 14.4 Å². The zero-order valence-corrected chi connectivity index (χ0v) is 26.7. The van der Waals surface area contributed by atoms with Gasteiger partial charge in [-0.25, -0.2) is 9.97 Å². The zero-order valence-electron chi connectivity index (χ0n) is 25.2. The van der Waals surface area contributed by atoms with Gasteiger partial charge < -0.3 is 30.9 Å². The molecule has 0 spiro atoms. The maximum absolute atomic E-state index is 13.8. The highest BCUT2D eigenvalue weighted by Gasteiger charge is 2.42. The van der Waals surface area contributed by atoms with Crippen LogP contribution in [-0.4, -0.2) is 71.4 Å². The molecule has 1 saturated heterocycles. The molecule has 0 bridgehead atoms. The first-order chi connectivity index (χ1) is 19.9. The number of benzene rings is 2. The highest BCUT2D eigenvalue weighted by Crippen LogP contribution is 2.35. The fourth-order valence-electron chi connectivity index (χ4n) is 4.87. The Morgan fingerprint density at radius 1 is 1.12 bits per heavy atom. The quantitative estimate of drug-likeness (QED) is 0.270. The lowest BCUT2D eigenvalue weighted by molar-refractivity contribution is -0.143. The molecule has 2 aromatic carbocycles. The Labute approximate surface area is 262 Å². The second kappa shape index (κ2) is 14.2. The topological polar surface area (TPSA) is 138 Å². The summed E-state index contributed by atoms with van der Waals surface area (Å²) in [6, 6.07) is 8.77. The summed E-state index contributed by atoms with van der Waals surface area (Å²) in [7, 11) is 3.19. The van der Waals surface area contributed by atoms with E-state index in [1.165, 1.54) is 13.4 Å². The number of anilines is 3. The van der Waals surface area contributed by atoms with Gasteiger partial charge in [-0.2, -0.15) is 0 Å². The van der Waals surface area contributed by atoms with Gasteiger partial charge in [0.2, 0.25) is 17.7 Å². The summed E-state index contributed by atoms with van der Waals surface area (Å²) in [6.45, 7) is 7.81. The molecule has 3 atom stereocenters. The fourth-order valence-corrected chi connectivity index (χ4v) is 5.06. The van der Waals surface area contributed by atoms with Crippen molar-refractivity contribution in [2.45, 2.75) is 58.7 Å². The van der Waals surface area contributed by atoms with Gasteiger partial charge in [0.1, 0.15) is 30.0 Å². The van der Waals surface area contributed by atoms with Crippen molar-refractivity contribution in [3.8, 4) is 5.75 Å². The number of carbonyl (C=O) groups is 3. The van der Waals surface area contributed by atoms with Crippen LogP contribution in [0.3, 0.4) is 0 Å². The number of fused-ring (bicyclic) bond motifs is 1. The van der Waals surface area contributed by atoms with Crippen molar-refractivity contribution in [3.05, 3.63) is 47.7 Å². The van der Waals surface area contributed by atoms with Crippen molar-refractivity contribution < 1.29 is 19.1 Å². The number of likely N-dealkylation sites (tertiary alicyclic amines) is 1. The van der Waals surface area contributed by atoms with Crippen LogP contribution in [0.2, 0.25) is 5.02 Å². The van der Waals surface area contributed by atoms with Crippen LogP contribution in [0.25, 0.3) is 10.9 Å². The van der Waals surface area contributed by atoms with Crippen molar-refractivity contribution >= 4 is 69.8 Å². The molecule has 2 heterocycles.